The van der Waals surface area contributed by atoms with Crippen LogP contribution < -0.4 is 5.32 Å². The minimum absolute atomic E-state index is 0.251. The van der Waals surface area contributed by atoms with E-state index in [1.165, 1.54) is 17.5 Å². The van der Waals surface area contributed by atoms with Gasteiger partial charge in [0.05, 0.1) is 23.1 Å². The average molecular weight is 381 g/mol. The Hall–Kier alpha value is -2.96. The Kier molecular flexibility index (Phi) is 4.51. The van der Waals surface area contributed by atoms with Crippen molar-refractivity contribution in [1.29, 1.82) is 0 Å². The molecular weight excluding hydrogens is 368 g/mol. The molecule has 0 radical (unpaired) electrons. The van der Waals surface area contributed by atoms with Gasteiger partial charge in [0.15, 0.2) is 5.13 Å². The first-order valence-electron chi connectivity index (χ1n) is 7.82. The molecule has 128 valence electrons. The summed E-state index contributed by atoms with van der Waals surface area (Å²) in [6, 6.07) is 17.1. The predicted molar refractivity (Wildman–Crippen MR) is 104 cm³/mol. The summed E-state index contributed by atoms with van der Waals surface area (Å²) < 4.78 is 1.63. The second kappa shape index (κ2) is 7.11. The van der Waals surface area contributed by atoms with Crippen LogP contribution in [-0.4, -0.2) is 20.7 Å². The fourth-order valence-corrected chi connectivity index (χ4v) is 3.26. The number of nitrogens with zero attached hydrogens (tertiary/aromatic N) is 3. The smallest absolute Gasteiger partial charge is 0.260 e. The van der Waals surface area contributed by atoms with E-state index in [2.05, 4.69) is 15.4 Å². The van der Waals surface area contributed by atoms with Gasteiger partial charge in [-0.2, -0.15) is 5.10 Å². The first kappa shape index (κ1) is 16.5. The first-order chi connectivity index (χ1) is 12.7. The number of anilines is 1. The van der Waals surface area contributed by atoms with Crippen LogP contribution in [0, 0.1) is 0 Å². The summed E-state index contributed by atoms with van der Waals surface area (Å²) >= 11 is 7.28. The third-order valence-electron chi connectivity index (χ3n) is 3.73. The zero-order valence-electron chi connectivity index (χ0n) is 13.5. The van der Waals surface area contributed by atoms with Gasteiger partial charge >= 0.3 is 0 Å². The highest BCUT2D eigenvalue weighted by Crippen LogP contribution is 2.25. The van der Waals surface area contributed by atoms with Gasteiger partial charge < -0.3 is 0 Å². The molecule has 5 nitrogen and oxygen atoms in total. The van der Waals surface area contributed by atoms with Crippen molar-refractivity contribution in [3.05, 3.63) is 83.0 Å². The minimum atomic E-state index is -0.251. The van der Waals surface area contributed by atoms with E-state index in [0.717, 1.165) is 16.9 Å². The fraction of sp³-hybridized carbons (Fsp3) is 0. The van der Waals surface area contributed by atoms with Crippen molar-refractivity contribution in [2.45, 2.75) is 0 Å². The molecule has 0 saturated carbocycles. The molecule has 7 heteroatoms. The molecule has 2 aromatic heterocycles. The maximum Gasteiger partial charge on any atom is 0.260 e. The molecular formula is C19H13ClN4OS. The van der Waals surface area contributed by atoms with Gasteiger partial charge in [0, 0.05) is 22.2 Å². The predicted octanol–water partition coefficient (Wildman–Crippen LogP) is 4.90. The van der Waals surface area contributed by atoms with Gasteiger partial charge in [-0.25, -0.2) is 9.67 Å². The molecule has 0 aliphatic rings. The van der Waals surface area contributed by atoms with Crippen LogP contribution in [0.1, 0.15) is 10.4 Å². The number of aromatic nitrogens is 3. The Bertz CT molecular complexity index is 1040. The van der Waals surface area contributed by atoms with Crippen molar-refractivity contribution < 1.29 is 4.79 Å². The highest BCUT2D eigenvalue weighted by atomic mass is 35.5. The zero-order valence-corrected chi connectivity index (χ0v) is 15.0. The van der Waals surface area contributed by atoms with E-state index in [9.17, 15) is 4.79 Å². The average Bonchev–Trinajstić information content (AvgIpc) is 3.33. The standard InChI is InChI=1S/C19H13ClN4OS/c20-15-6-8-16(9-7-15)24-11-14(10-21-24)18(25)23-19-22-17(12-26-19)13-4-2-1-3-5-13/h1-12H,(H,22,23,25). The Morgan fingerprint density at radius 2 is 1.85 bits per heavy atom. The van der Waals surface area contributed by atoms with Gasteiger partial charge in [0.25, 0.3) is 5.91 Å². The Balaban J connectivity index is 1.49. The molecule has 0 saturated heterocycles. The minimum Gasteiger partial charge on any atom is -0.298 e. The van der Waals surface area contributed by atoms with Crippen molar-refractivity contribution >= 4 is 34.0 Å². The third kappa shape index (κ3) is 3.51. The molecule has 0 unspecified atom stereocenters. The number of carbonyl (C=O) groups excluding carboxylic acids is 1. The van der Waals surface area contributed by atoms with Crippen LogP contribution >= 0.6 is 22.9 Å². The summed E-state index contributed by atoms with van der Waals surface area (Å²) in [7, 11) is 0. The number of benzene rings is 2. The summed E-state index contributed by atoms with van der Waals surface area (Å²) in [5.41, 5.74) is 3.13. The lowest BCUT2D eigenvalue weighted by atomic mass is 10.2. The molecule has 0 atom stereocenters. The number of thiazole rings is 1. The van der Waals surface area contributed by atoms with E-state index in [0.29, 0.717) is 15.7 Å². The van der Waals surface area contributed by atoms with E-state index in [1.807, 2.05) is 47.8 Å². The molecule has 0 aliphatic heterocycles. The highest BCUT2D eigenvalue weighted by Gasteiger charge is 2.12. The number of nitrogens with one attached hydrogen (secondary N) is 1. The topological polar surface area (TPSA) is 59.8 Å². The van der Waals surface area contributed by atoms with Crippen LogP contribution in [0.5, 0.6) is 0 Å². The molecule has 0 bridgehead atoms. The molecule has 2 heterocycles. The van der Waals surface area contributed by atoms with E-state index in [4.69, 9.17) is 11.6 Å². The van der Waals surface area contributed by atoms with E-state index < -0.39 is 0 Å². The quantitative estimate of drug-likeness (QED) is 0.547. The summed E-state index contributed by atoms with van der Waals surface area (Å²) in [6.07, 6.45) is 3.19. The van der Waals surface area contributed by atoms with Gasteiger partial charge in [0.1, 0.15) is 0 Å². The lowest BCUT2D eigenvalue weighted by molar-refractivity contribution is 0.102. The number of rotatable bonds is 4. The van der Waals surface area contributed by atoms with Gasteiger partial charge in [0.2, 0.25) is 0 Å². The van der Waals surface area contributed by atoms with Crippen LogP contribution in [0.4, 0.5) is 5.13 Å². The van der Waals surface area contributed by atoms with Crippen LogP contribution in [0.3, 0.4) is 0 Å². The van der Waals surface area contributed by atoms with E-state index in [-0.39, 0.29) is 5.91 Å². The maximum absolute atomic E-state index is 12.4. The first-order valence-corrected chi connectivity index (χ1v) is 9.08. The SMILES string of the molecule is O=C(Nc1nc(-c2ccccc2)cs1)c1cnn(-c2ccc(Cl)cc2)c1. The molecule has 0 fully saturated rings. The van der Waals surface area contributed by atoms with Crippen molar-refractivity contribution in [2.24, 2.45) is 0 Å². The van der Waals surface area contributed by atoms with Crippen molar-refractivity contribution in [1.82, 2.24) is 14.8 Å². The maximum atomic E-state index is 12.4. The number of hydrogen-bond acceptors (Lipinski definition) is 4. The fourth-order valence-electron chi connectivity index (χ4n) is 2.42. The molecule has 4 aromatic rings. The van der Waals surface area contributed by atoms with Crippen molar-refractivity contribution in [3.63, 3.8) is 0 Å². The Labute approximate surface area is 158 Å². The third-order valence-corrected chi connectivity index (χ3v) is 4.74. The Morgan fingerprint density at radius 3 is 2.62 bits per heavy atom. The number of hydrogen-bond donors (Lipinski definition) is 1. The normalized spacial score (nSPS) is 10.7. The van der Waals surface area contributed by atoms with Gasteiger partial charge in [-0.1, -0.05) is 41.9 Å². The van der Waals surface area contributed by atoms with Gasteiger partial charge in [-0.15, -0.1) is 11.3 Å². The second-order valence-corrected chi connectivity index (χ2v) is 6.80. The van der Waals surface area contributed by atoms with Crippen LogP contribution in [-0.2, 0) is 0 Å². The molecule has 26 heavy (non-hydrogen) atoms. The van der Waals surface area contributed by atoms with Crippen LogP contribution in [0.15, 0.2) is 72.4 Å². The highest BCUT2D eigenvalue weighted by molar-refractivity contribution is 7.14. The number of halogens is 1. The molecule has 4 rings (SSSR count). The molecule has 0 spiro atoms. The van der Waals surface area contributed by atoms with Crippen LogP contribution in [0.2, 0.25) is 5.02 Å². The molecule has 1 amide bonds. The van der Waals surface area contributed by atoms with Crippen molar-refractivity contribution in [3.8, 4) is 16.9 Å². The molecule has 0 aliphatic carbocycles. The summed E-state index contributed by atoms with van der Waals surface area (Å²) in [5.74, 6) is -0.251. The zero-order chi connectivity index (χ0) is 17.9. The van der Waals surface area contributed by atoms with Crippen molar-refractivity contribution in [2.75, 3.05) is 5.32 Å². The lowest BCUT2D eigenvalue weighted by Gasteiger charge is -2.01. The summed E-state index contributed by atoms with van der Waals surface area (Å²) in [6.45, 7) is 0. The largest absolute Gasteiger partial charge is 0.298 e. The monoisotopic (exact) mass is 380 g/mol. The van der Waals surface area contributed by atoms with E-state index in [1.54, 1.807) is 23.0 Å². The van der Waals surface area contributed by atoms with Gasteiger partial charge in [-0.3, -0.25) is 10.1 Å². The molecule has 2 aromatic carbocycles. The van der Waals surface area contributed by atoms with Crippen LogP contribution in [0.25, 0.3) is 16.9 Å². The number of carbonyl (C=O) groups is 1. The Morgan fingerprint density at radius 1 is 1.08 bits per heavy atom. The summed E-state index contributed by atoms with van der Waals surface area (Å²) in [4.78, 5) is 16.9. The second-order valence-electron chi connectivity index (χ2n) is 5.51. The number of amides is 1. The summed E-state index contributed by atoms with van der Waals surface area (Å²) in [5, 5.41) is 10.2. The molecule has 1 N–H and O–H groups in total. The van der Waals surface area contributed by atoms with Gasteiger partial charge in [-0.05, 0) is 24.3 Å². The lowest BCUT2D eigenvalue weighted by Crippen LogP contribution is -2.10. The van der Waals surface area contributed by atoms with E-state index >= 15 is 0 Å².